The van der Waals surface area contributed by atoms with Gasteiger partial charge in [0.1, 0.15) is 11.8 Å². The second kappa shape index (κ2) is 9.23. The molecule has 8 heteroatoms. The smallest absolute Gasteiger partial charge is 0.263 e. The molecule has 0 bridgehead atoms. The van der Waals surface area contributed by atoms with Crippen LogP contribution in [0.4, 0.5) is 5.95 Å². The quantitative estimate of drug-likeness (QED) is 0.376. The summed E-state index contributed by atoms with van der Waals surface area (Å²) in [4.78, 5) is 35.9. The highest BCUT2D eigenvalue weighted by Gasteiger charge is 2.21. The Labute approximate surface area is 212 Å². The zero-order chi connectivity index (χ0) is 25.4. The molecule has 4 heterocycles. The minimum Gasteiger partial charge on any atom is -0.368 e. The Bertz CT molecular complexity index is 1800. The van der Waals surface area contributed by atoms with E-state index in [-0.39, 0.29) is 17.4 Å². The Hall–Kier alpha value is -4.98. The van der Waals surface area contributed by atoms with E-state index in [9.17, 15) is 4.79 Å². The van der Waals surface area contributed by atoms with Gasteiger partial charge in [-0.1, -0.05) is 43.3 Å². The van der Waals surface area contributed by atoms with Gasteiger partial charge >= 0.3 is 0 Å². The van der Waals surface area contributed by atoms with Gasteiger partial charge < -0.3 is 5.73 Å². The fourth-order valence-corrected chi connectivity index (χ4v) is 4.85. The van der Waals surface area contributed by atoms with Crippen LogP contribution in [0.15, 0.2) is 96.4 Å². The number of hydrogen-bond donors (Lipinski definition) is 1. The number of para-hydroxylation sites is 1. The van der Waals surface area contributed by atoms with Crippen molar-refractivity contribution in [3.05, 3.63) is 113 Å². The van der Waals surface area contributed by atoms with E-state index in [1.807, 2.05) is 60.7 Å². The summed E-state index contributed by atoms with van der Waals surface area (Å²) in [5.41, 5.74) is 11.3. The molecule has 0 saturated carbocycles. The minimum atomic E-state index is -0.102. The maximum absolute atomic E-state index is 14.2. The Kier molecular flexibility index (Phi) is 5.61. The number of aromatic nitrogens is 6. The van der Waals surface area contributed by atoms with Gasteiger partial charge in [-0.25, -0.2) is 19.9 Å². The zero-order valence-electron chi connectivity index (χ0n) is 20.1. The summed E-state index contributed by atoms with van der Waals surface area (Å²) in [5.74, 6) is 0.122. The number of pyridine rings is 2. The summed E-state index contributed by atoms with van der Waals surface area (Å²) in [6, 6.07) is 21.3. The molecule has 6 rings (SSSR count). The average Bonchev–Trinajstić information content (AvgIpc) is 2.93. The van der Waals surface area contributed by atoms with E-state index in [4.69, 9.17) is 5.73 Å². The Morgan fingerprint density at radius 1 is 0.946 bits per heavy atom. The molecule has 0 aliphatic carbocycles. The summed E-state index contributed by atoms with van der Waals surface area (Å²) in [6.45, 7) is 2.09. The lowest BCUT2D eigenvalue weighted by Crippen LogP contribution is -2.24. The highest BCUT2D eigenvalue weighted by molar-refractivity contribution is 5.96. The molecule has 4 aromatic heterocycles. The fraction of sp³-hybridized carbons (Fsp3) is 0.103. The molecule has 0 saturated heterocycles. The molecule has 0 radical (unpaired) electrons. The van der Waals surface area contributed by atoms with Crippen molar-refractivity contribution in [3.8, 4) is 16.8 Å². The molecule has 1 atom stereocenters. The molecular weight excluding hydrogens is 462 g/mol. The molecule has 0 amide bonds. The first-order chi connectivity index (χ1) is 18.1. The van der Waals surface area contributed by atoms with Crippen LogP contribution < -0.4 is 11.3 Å². The van der Waals surface area contributed by atoms with E-state index in [2.05, 4.69) is 37.9 Å². The maximum atomic E-state index is 14.2. The topological polar surface area (TPSA) is 112 Å². The predicted octanol–water partition coefficient (Wildman–Crippen LogP) is 4.71. The Balaban J connectivity index is 1.57. The van der Waals surface area contributed by atoms with Gasteiger partial charge in [0.15, 0.2) is 0 Å². The first kappa shape index (κ1) is 22.5. The van der Waals surface area contributed by atoms with Crippen molar-refractivity contribution in [3.63, 3.8) is 0 Å². The third-order valence-corrected chi connectivity index (χ3v) is 6.51. The number of benzene rings is 2. The van der Waals surface area contributed by atoms with Crippen LogP contribution in [-0.2, 0) is 6.42 Å². The molecule has 0 fully saturated rings. The van der Waals surface area contributed by atoms with Crippen LogP contribution in [0, 0.1) is 0 Å². The summed E-state index contributed by atoms with van der Waals surface area (Å²) in [7, 11) is 0. The first-order valence-corrected chi connectivity index (χ1v) is 12.0. The molecule has 180 valence electrons. The van der Waals surface area contributed by atoms with Crippen LogP contribution >= 0.6 is 0 Å². The summed E-state index contributed by atoms with van der Waals surface area (Å²) in [5, 5.41) is 1.47. The third kappa shape index (κ3) is 4.08. The van der Waals surface area contributed by atoms with Crippen molar-refractivity contribution in [1.82, 2.24) is 29.5 Å². The van der Waals surface area contributed by atoms with Crippen LogP contribution in [0.5, 0.6) is 0 Å². The highest BCUT2D eigenvalue weighted by Crippen LogP contribution is 2.30. The van der Waals surface area contributed by atoms with Gasteiger partial charge in [0, 0.05) is 47.9 Å². The number of hydrogen-bond acceptors (Lipinski definition) is 7. The van der Waals surface area contributed by atoms with Gasteiger partial charge in [-0.2, -0.15) is 0 Å². The molecule has 0 aliphatic heterocycles. The van der Waals surface area contributed by atoms with Crippen molar-refractivity contribution >= 4 is 27.8 Å². The average molecular weight is 486 g/mol. The van der Waals surface area contributed by atoms with Crippen LogP contribution in [0.25, 0.3) is 38.6 Å². The molecule has 8 nitrogen and oxygen atoms in total. The summed E-state index contributed by atoms with van der Waals surface area (Å²) >= 11 is 0. The van der Waals surface area contributed by atoms with Crippen molar-refractivity contribution < 1.29 is 0 Å². The van der Waals surface area contributed by atoms with Crippen LogP contribution in [0.3, 0.4) is 0 Å². The van der Waals surface area contributed by atoms with Crippen molar-refractivity contribution in [2.45, 2.75) is 19.3 Å². The van der Waals surface area contributed by atoms with Gasteiger partial charge in [0.2, 0.25) is 5.95 Å². The number of nitrogens with zero attached hydrogens (tertiary/aromatic N) is 6. The number of rotatable bonds is 5. The van der Waals surface area contributed by atoms with Gasteiger partial charge in [-0.05, 0) is 41.3 Å². The normalized spacial score (nSPS) is 12.1. The summed E-state index contributed by atoms with van der Waals surface area (Å²) < 4.78 is 1.79. The van der Waals surface area contributed by atoms with Gasteiger partial charge in [-0.15, -0.1) is 0 Å². The van der Waals surface area contributed by atoms with Crippen LogP contribution in [-0.4, -0.2) is 29.5 Å². The van der Waals surface area contributed by atoms with Gasteiger partial charge in [0.05, 0.1) is 16.6 Å². The lowest BCUT2D eigenvalue weighted by molar-refractivity contribution is 0.687. The van der Waals surface area contributed by atoms with Crippen LogP contribution in [0.2, 0.25) is 0 Å². The predicted molar refractivity (Wildman–Crippen MR) is 144 cm³/mol. The molecule has 2 aromatic carbocycles. The molecule has 0 spiro atoms. The minimum absolute atomic E-state index is 0.0828. The monoisotopic (exact) mass is 485 g/mol. The molecular formula is C29H23N7O. The first-order valence-electron chi connectivity index (χ1n) is 12.0. The van der Waals surface area contributed by atoms with E-state index in [0.29, 0.717) is 22.8 Å². The van der Waals surface area contributed by atoms with E-state index in [0.717, 1.165) is 33.6 Å². The van der Waals surface area contributed by atoms with E-state index in [1.54, 1.807) is 23.2 Å². The van der Waals surface area contributed by atoms with E-state index < -0.39 is 0 Å². The largest absolute Gasteiger partial charge is 0.368 e. The number of nitrogen functional groups attached to an aromatic ring is 1. The number of fused-ring (bicyclic) bond motifs is 2. The number of nitrogens with two attached hydrogens (primary N) is 1. The Morgan fingerprint density at radius 2 is 1.76 bits per heavy atom. The van der Waals surface area contributed by atoms with E-state index in [1.165, 1.54) is 6.33 Å². The standard InChI is InChI=1S/C29H23N7O/c1-18(13-24-27-23(11-6-12-33-27)34-29(30)35-24)25-14-19-7-5-10-22(20-15-31-17-32-16-20)26(19)28(37)36(25)21-8-3-2-4-9-21/h2-12,14-18H,13H2,1H3,(H2,30,34,35)/t18-/m1/s1. The lowest BCUT2D eigenvalue weighted by Gasteiger charge is -2.21. The number of anilines is 1. The van der Waals surface area contributed by atoms with Crippen LogP contribution in [0.1, 0.15) is 24.2 Å². The molecule has 37 heavy (non-hydrogen) atoms. The third-order valence-electron chi connectivity index (χ3n) is 6.51. The zero-order valence-corrected chi connectivity index (χ0v) is 20.1. The van der Waals surface area contributed by atoms with Gasteiger partial charge in [0.25, 0.3) is 5.56 Å². The second-order valence-electron chi connectivity index (χ2n) is 8.95. The summed E-state index contributed by atoms with van der Waals surface area (Å²) in [6.07, 6.45) is 7.19. The van der Waals surface area contributed by atoms with Gasteiger partial charge in [-0.3, -0.25) is 14.3 Å². The molecule has 2 N–H and O–H groups in total. The van der Waals surface area contributed by atoms with Crippen molar-refractivity contribution in [2.24, 2.45) is 0 Å². The lowest BCUT2D eigenvalue weighted by atomic mass is 9.95. The Morgan fingerprint density at radius 3 is 2.57 bits per heavy atom. The molecule has 0 aliphatic rings. The maximum Gasteiger partial charge on any atom is 0.263 e. The highest BCUT2D eigenvalue weighted by atomic mass is 16.1. The van der Waals surface area contributed by atoms with E-state index >= 15 is 0 Å². The van der Waals surface area contributed by atoms with Crippen molar-refractivity contribution in [1.29, 1.82) is 0 Å². The van der Waals surface area contributed by atoms with Crippen molar-refractivity contribution in [2.75, 3.05) is 5.73 Å². The molecule has 0 unspecified atom stereocenters. The fourth-order valence-electron chi connectivity index (χ4n) is 4.85. The SMILES string of the molecule is C[C@H](Cc1nc(N)nc2cccnc12)c1cc2cccc(-c3cncnc3)c2c(=O)n1-c1ccccc1. The second-order valence-corrected chi connectivity index (χ2v) is 8.95. The molecule has 6 aromatic rings.